The summed E-state index contributed by atoms with van der Waals surface area (Å²) in [6.07, 6.45) is 21.4. The van der Waals surface area contributed by atoms with Gasteiger partial charge in [0.1, 0.15) is 5.82 Å². The average Bonchev–Trinajstić information content (AvgIpc) is 4.10. The second kappa shape index (κ2) is 19.9. The number of piperidine rings is 4. The van der Waals surface area contributed by atoms with Crippen molar-refractivity contribution in [2.45, 2.75) is 140 Å². The molecule has 6 fully saturated rings. The molecule has 16 heteroatoms. The zero-order valence-electron chi connectivity index (χ0n) is 43.3. The molecule has 0 bridgehead atoms. The van der Waals surface area contributed by atoms with E-state index in [1.165, 1.54) is 19.3 Å². The highest BCUT2D eigenvalue weighted by atomic mass is 16.2. The van der Waals surface area contributed by atoms with Crippen molar-refractivity contribution in [1.29, 1.82) is 0 Å². The van der Waals surface area contributed by atoms with Crippen molar-refractivity contribution in [3.63, 3.8) is 0 Å². The van der Waals surface area contributed by atoms with Gasteiger partial charge in [-0.25, -0.2) is 9.97 Å². The minimum atomic E-state index is -0.688. The molecule has 5 amide bonds. The number of carbonyl (C=O) groups is 5. The van der Waals surface area contributed by atoms with E-state index in [0.717, 1.165) is 91.3 Å². The molecule has 73 heavy (non-hydrogen) atoms. The highest BCUT2D eigenvalue weighted by molar-refractivity contribution is 6.26. The summed E-state index contributed by atoms with van der Waals surface area (Å²) in [6.45, 7) is 12.2. The van der Waals surface area contributed by atoms with E-state index in [1.807, 2.05) is 41.5 Å². The highest BCUT2D eigenvalue weighted by Crippen LogP contribution is 2.52. The van der Waals surface area contributed by atoms with E-state index in [9.17, 15) is 19.2 Å². The monoisotopic (exact) mass is 992 g/mol. The fourth-order valence-electron chi connectivity index (χ4n) is 12.9. The van der Waals surface area contributed by atoms with Crippen molar-refractivity contribution in [1.82, 2.24) is 39.9 Å². The van der Waals surface area contributed by atoms with Gasteiger partial charge in [-0.3, -0.25) is 34.3 Å². The zero-order chi connectivity index (χ0) is 50.6. The SMILES string of the molecule is CNC(=Cc1ncn(C(C)C)c1C=NC1CC1)c1ccc2c(c1)N(C1CC(N3CCCCC3)C1)C(=O)C21CCN(C(=O)C2(C)CCN(C(=O)C3CCN(c4ccc(C5=CCC(=O)NC5=O)cn4)CC3)CC2)CC1. The van der Waals surface area contributed by atoms with Crippen LogP contribution in [0.1, 0.15) is 145 Å². The predicted molar refractivity (Wildman–Crippen MR) is 283 cm³/mol. The van der Waals surface area contributed by atoms with Gasteiger partial charge in [-0.05, 0) is 139 Å². The van der Waals surface area contributed by atoms with Gasteiger partial charge in [0.15, 0.2) is 0 Å². The Labute approximate surface area is 429 Å². The summed E-state index contributed by atoms with van der Waals surface area (Å²) in [7, 11) is 1.95. The molecule has 1 aromatic carbocycles. The van der Waals surface area contributed by atoms with Gasteiger partial charge in [0, 0.05) is 117 Å². The summed E-state index contributed by atoms with van der Waals surface area (Å²) in [5.74, 6) is 0.508. The Bertz CT molecular complexity index is 2720. The third-order valence-corrected chi connectivity index (χ3v) is 17.8. The highest BCUT2D eigenvalue weighted by Gasteiger charge is 2.56. The Balaban J connectivity index is 0.743. The number of imide groups is 1. The van der Waals surface area contributed by atoms with Crippen LogP contribution >= 0.6 is 0 Å². The predicted octanol–water partition coefficient (Wildman–Crippen LogP) is 6.36. The molecular formula is C57H73N11O5. The van der Waals surface area contributed by atoms with Gasteiger partial charge in [0.05, 0.1) is 29.2 Å². The zero-order valence-corrected chi connectivity index (χ0v) is 43.3. The first-order chi connectivity index (χ1) is 35.3. The fourth-order valence-corrected chi connectivity index (χ4v) is 12.9. The summed E-state index contributed by atoms with van der Waals surface area (Å²) in [4.78, 5) is 93.0. The molecule has 4 saturated heterocycles. The number of aliphatic imine (C=N–C) groups is 1. The quantitative estimate of drug-likeness (QED) is 0.154. The van der Waals surface area contributed by atoms with E-state index in [0.29, 0.717) is 88.2 Å². The van der Waals surface area contributed by atoms with E-state index in [-0.39, 0.29) is 48.1 Å². The van der Waals surface area contributed by atoms with E-state index in [1.54, 1.807) is 12.3 Å². The molecule has 2 N–H and O–H groups in total. The van der Waals surface area contributed by atoms with Crippen LogP contribution in [-0.4, -0.2) is 143 Å². The van der Waals surface area contributed by atoms with Crippen molar-refractivity contribution in [3.8, 4) is 0 Å². The van der Waals surface area contributed by atoms with Crippen molar-refractivity contribution in [2.24, 2.45) is 16.3 Å². The smallest absolute Gasteiger partial charge is 0.258 e. The maximum Gasteiger partial charge on any atom is 0.258 e. The van der Waals surface area contributed by atoms with Crippen LogP contribution in [0, 0.1) is 11.3 Å². The second-order valence-electron chi connectivity index (χ2n) is 22.7. The van der Waals surface area contributed by atoms with Crippen molar-refractivity contribution in [2.75, 3.05) is 69.2 Å². The molecule has 0 unspecified atom stereocenters. The van der Waals surface area contributed by atoms with Gasteiger partial charge in [0.25, 0.3) is 5.91 Å². The topological polar surface area (TPSA) is 169 Å². The molecule has 8 heterocycles. The minimum Gasteiger partial charge on any atom is -0.388 e. The Kier molecular flexibility index (Phi) is 13.4. The van der Waals surface area contributed by atoms with Gasteiger partial charge in [0.2, 0.25) is 23.6 Å². The van der Waals surface area contributed by atoms with Gasteiger partial charge in [-0.1, -0.05) is 31.6 Å². The van der Waals surface area contributed by atoms with Crippen LogP contribution in [0.4, 0.5) is 11.5 Å². The molecule has 1 spiro atoms. The molecule has 3 aromatic rings. The van der Waals surface area contributed by atoms with Crippen LogP contribution in [0.15, 0.2) is 53.9 Å². The van der Waals surface area contributed by atoms with Crippen molar-refractivity contribution < 1.29 is 24.0 Å². The number of likely N-dealkylation sites (tertiary alicyclic amines) is 3. The van der Waals surface area contributed by atoms with Crippen LogP contribution in [0.25, 0.3) is 17.3 Å². The lowest BCUT2D eigenvalue weighted by atomic mass is 9.72. The molecule has 6 aliphatic heterocycles. The van der Waals surface area contributed by atoms with Gasteiger partial charge in [-0.15, -0.1) is 0 Å². The van der Waals surface area contributed by atoms with E-state index in [2.05, 4.69) is 79.9 Å². The largest absolute Gasteiger partial charge is 0.388 e. The molecule has 0 atom stereocenters. The molecule has 386 valence electrons. The van der Waals surface area contributed by atoms with Crippen molar-refractivity contribution >= 4 is 64.6 Å². The molecular weight excluding hydrogens is 919 g/mol. The average molecular weight is 992 g/mol. The molecule has 8 aliphatic rings. The number of rotatable bonds is 12. The van der Waals surface area contributed by atoms with Crippen LogP contribution in [-0.2, 0) is 29.4 Å². The van der Waals surface area contributed by atoms with Crippen LogP contribution in [0.2, 0.25) is 0 Å². The maximum atomic E-state index is 15.3. The number of benzene rings is 1. The lowest BCUT2D eigenvalue weighted by Crippen LogP contribution is -2.59. The Morgan fingerprint density at radius 3 is 2.23 bits per heavy atom. The molecule has 2 saturated carbocycles. The number of aromatic nitrogens is 3. The van der Waals surface area contributed by atoms with Gasteiger partial charge < -0.3 is 34.4 Å². The molecule has 11 rings (SSSR count). The summed E-state index contributed by atoms with van der Waals surface area (Å²) in [5.41, 5.74) is 5.76. The standard InChI is InChI=1S/C57H73N11O5/c1-37(2)67-36-61-47(49(67)35-59-41-10-11-41)33-46(58-4)39-8-13-45-48(30-39)68(43-31-42(32-43)63-22-6-5-7-23-63)55(73)57(45)20-28-66(29-21-57)54(72)56(3)18-26-65(27-19-56)53(71)38-16-24-64(25-17-38)50-14-9-40(34-60-50)44-12-15-51(69)62-52(44)70/h8-9,12-14,30,33-38,41-43,58H,5-7,10-11,15-29,31-32H2,1-4H3,(H,62,69,70). The third kappa shape index (κ3) is 9.41. The normalized spacial score (nSPS) is 24.8. The van der Waals surface area contributed by atoms with E-state index < -0.39 is 16.7 Å². The summed E-state index contributed by atoms with van der Waals surface area (Å²) in [5, 5.41) is 5.83. The van der Waals surface area contributed by atoms with Gasteiger partial charge in [-0.2, -0.15) is 0 Å². The molecule has 0 radical (unpaired) electrons. The number of anilines is 2. The Morgan fingerprint density at radius 1 is 0.849 bits per heavy atom. The number of imidazole rings is 1. The number of pyridine rings is 1. The first-order valence-electron chi connectivity index (χ1n) is 27.4. The summed E-state index contributed by atoms with van der Waals surface area (Å²) in [6, 6.07) is 11.6. The maximum absolute atomic E-state index is 15.3. The fraction of sp³-hybridized carbons (Fsp3) is 0.579. The lowest BCUT2D eigenvalue weighted by Gasteiger charge is -2.48. The number of amides is 5. The van der Waals surface area contributed by atoms with Crippen LogP contribution < -0.4 is 20.4 Å². The first-order valence-corrected chi connectivity index (χ1v) is 27.4. The van der Waals surface area contributed by atoms with Crippen molar-refractivity contribution in [3.05, 3.63) is 77.0 Å². The number of hydrogen-bond acceptors (Lipinski definition) is 11. The minimum absolute atomic E-state index is 0.0830. The Hall–Kier alpha value is -6.16. The van der Waals surface area contributed by atoms with Gasteiger partial charge >= 0.3 is 0 Å². The number of nitrogens with zero attached hydrogens (tertiary/aromatic N) is 9. The summed E-state index contributed by atoms with van der Waals surface area (Å²) >= 11 is 0. The summed E-state index contributed by atoms with van der Waals surface area (Å²) < 4.78 is 2.18. The van der Waals surface area contributed by atoms with Crippen LogP contribution in [0.5, 0.6) is 0 Å². The number of hydrogen-bond donors (Lipinski definition) is 2. The molecule has 2 aliphatic carbocycles. The Morgan fingerprint density at radius 2 is 1.58 bits per heavy atom. The van der Waals surface area contributed by atoms with E-state index in [4.69, 9.17) is 9.98 Å². The molecule has 16 nitrogen and oxygen atoms in total. The van der Waals surface area contributed by atoms with Crippen LogP contribution in [0.3, 0.4) is 0 Å². The number of fused-ring (bicyclic) bond motifs is 2. The van der Waals surface area contributed by atoms with E-state index >= 15 is 4.79 Å². The number of carbonyl (C=O) groups excluding carboxylic acids is 5. The number of nitrogens with one attached hydrogen (secondary N) is 2. The third-order valence-electron chi connectivity index (χ3n) is 17.8. The first kappa shape index (κ1) is 49.1. The second-order valence-corrected chi connectivity index (χ2v) is 22.7. The lowest BCUT2D eigenvalue weighted by molar-refractivity contribution is -0.150. The molecule has 2 aromatic heterocycles.